The van der Waals surface area contributed by atoms with E-state index < -0.39 is 23.1 Å². The summed E-state index contributed by atoms with van der Waals surface area (Å²) in [4.78, 5) is 25.5. The third-order valence-electron chi connectivity index (χ3n) is 2.60. The van der Waals surface area contributed by atoms with Gasteiger partial charge >= 0.3 is 6.18 Å². The molecule has 8 heteroatoms. The van der Waals surface area contributed by atoms with Gasteiger partial charge in [0.15, 0.2) is 0 Å². The van der Waals surface area contributed by atoms with Gasteiger partial charge in [-0.05, 0) is 12.1 Å². The number of H-pyrrole nitrogens is 1. The molecule has 1 amide bonds. The second-order valence-electron chi connectivity index (χ2n) is 3.73. The van der Waals surface area contributed by atoms with Gasteiger partial charge < -0.3 is 4.98 Å². The quantitative estimate of drug-likeness (QED) is 0.413. The number of carbonyl (C=O) groups excluding carboxylic acids is 1. The van der Waals surface area contributed by atoms with Crippen molar-refractivity contribution in [3.05, 3.63) is 45.7 Å². The zero-order valence-corrected chi connectivity index (χ0v) is 9.34. The number of alkyl halides is 3. The van der Waals surface area contributed by atoms with Gasteiger partial charge in [0, 0.05) is 11.6 Å². The number of nitrogens with one attached hydrogen (secondary N) is 2. The number of pyridine rings is 1. The van der Waals surface area contributed by atoms with Crippen LogP contribution in [-0.2, 0) is 6.18 Å². The second kappa shape index (κ2) is 4.39. The van der Waals surface area contributed by atoms with E-state index in [2.05, 4.69) is 4.98 Å². The van der Waals surface area contributed by atoms with E-state index in [1.807, 2.05) is 0 Å². The minimum Gasteiger partial charge on any atom is -0.360 e. The van der Waals surface area contributed by atoms with Crippen molar-refractivity contribution in [3.8, 4) is 0 Å². The number of para-hydroxylation sites is 1. The van der Waals surface area contributed by atoms with Crippen molar-refractivity contribution in [2.75, 3.05) is 0 Å². The maximum atomic E-state index is 12.8. The fourth-order valence-corrected chi connectivity index (χ4v) is 1.73. The van der Waals surface area contributed by atoms with Crippen LogP contribution in [0.5, 0.6) is 0 Å². The Labute approximate surface area is 104 Å². The van der Waals surface area contributed by atoms with Gasteiger partial charge in [-0.25, -0.2) is 5.84 Å². The van der Waals surface area contributed by atoms with E-state index in [4.69, 9.17) is 5.84 Å². The first kappa shape index (κ1) is 13.1. The standard InChI is InChI=1S/C11H8F3N3O2/c12-11(13,14)7-3-1-2-5-8(7)16-4-6(9(5)18)10(19)17-15/h1-4H,15H2,(H,16,18)(H,17,19). The molecule has 0 fully saturated rings. The molecule has 2 aromatic rings. The molecule has 5 nitrogen and oxygen atoms in total. The molecule has 0 aliphatic carbocycles. The van der Waals surface area contributed by atoms with Crippen molar-refractivity contribution >= 4 is 16.8 Å². The van der Waals surface area contributed by atoms with Crippen molar-refractivity contribution in [2.45, 2.75) is 6.18 Å². The first-order valence-electron chi connectivity index (χ1n) is 5.09. The normalized spacial score (nSPS) is 11.6. The lowest BCUT2D eigenvalue weighted by molar-refractivity contribution is -0.136. The van der Waals surface area contributed by atoms with Gasteiger partial charge in [-0.15, -0.1) is 0 Å². The predicted octanol–water partition coefficient (Wildman–Crippen LogP) is 1.15. The molecule has 0 saturated heterocycles. The van der Waals surface area contributed by atoms with Gasteiger partial charge in [-0.3, -0.25) is 15.0 Å². The van der Waals surface area contributed by atoms with E-state index >= 15 is 0 Å². The molecule has 0 atom stereocenters. The Hall–Kier alpha value is -2.35. The second-order valence-corrected chi connectivity index (χ2v) is 3.73. The molecule has 0 spiro atoms. The number of aromatic nitrogens is 1. The Morgan fingerprint density at radius 1 is 1.32 bits per heavy atom. The van der Waals surface area contributed by atoms with Crippen LogP contribution in [0, 0.1) is 0 Å². The van der Waals surface area contributed by atoms with Gasteiger partial charge in [0.1, 0.15) is 5.56 Å². The average molecular weight is 271 g/mol. The van der Waals surface area contributed by atoms with Crippen molar-refractivity contribution in [1.82, 2.24) is 10.4 Å². The van der Waals surface area contributed by atoms with Crippen molar-refractivity contribution in [2.24, 2.45) is 5.84 Å². The molecular weight excluding hydrogens is 263 g/mol. The Balaban J connectivity index is 2.80. The Morgan fingerprint density at radius 3 is 2.58 bits per heavy atom. The lowest BCUT2D eigenvalue weighted by Gasteiger charge is -2.10. The summed E-state index contributed by atoms with van der Waals surface area (Å²) >= 11 is 0. The molecule has 4 N–H and O–H groups in total. The van der Waals surface area contributed by atoms with E-state index in [0.717, 1.165) is 18.3 Å². The molecule has 1 aromatic heterocycles. The van der Waals surface area contributed by atoms with Crippen LogP contribution in [0.4, 0.5) is 13.2 Å². The lowest BCUT2D eigenvalue weighted by atomic mass is 10.1. The Morgan fingerprint density at radius 2 is 2.00 bits per heavy atom. The first-order valence-corrected chi connectivity index (χ1v) is 5.09. The van der Waals surface area contributed by atoms with E-state index in [1.165, 1.54) is 6.07 Å². The van der Waals surface area contributed by atoms with Gasteiger partial charge in [0.2, 0.25) is 5.43 Å². The lowest BCUT2D eigenvalue weighted by Crippen LogP contribution is -2.34. The molecular formula is C11H8F3N3O2. The molecule has 1 heterocycles. The number of nitrogen functional groups attached to an aromatic ring is 1. The summed E-state index contributed by atoms with van der Waals surface area (Å²) in [5, 5.41) is -0.226. The molecule has 2 rings (SSSR count). The number of carbonyl (C=O) groups is 1. The van der Waals surface area contributed by atoms with Crippen LogP contribution in [0.2, 0.25) is 0 Å². The fraction of sp³-hybridized carbons (Fsp3) is 0.0909. The number of aromatic amines is 1. The van der Waals surface area contributed by atoms with Gasteiger partial charge in [0.05, 0.1) is 11.1 Å². The molecule has 19 heavy (non-hydrogen) atoms. The number of benzene rings is 1. The smallest absolute Gasteiger partial charge is 0.360 e. The highest BCUT2D eigenvalue weighted by atomic mass is 19.4. The SMILES string of the molecule is NNC(=O)c1c[nH]c2c(C(F)(F)F)cccc2c1=O. The van der Waals surface area contributed by atoms with Gasteiger partial charge in [-0.1, -0.05) is 6.07 Å². The van der Waals surface area contributed by atoms with Crippen LogP contribution in [0.1, 0.15) is 15.9 Å². The molecule has 0 radical (unpaired) electrons. The van der Waals surface area contributed by atoms with Crippen molar-refractivity contribution in [1.29, 1.82) is 0 Å². The van der Waals surface area contributed by atoms with E-state index in [9.17, 15) is 22.8 Å². The van der Waals surface area contributed by atoms with Crippen molar-refractivity contribution < 1.29 is 18.0 Å². The number of halogens is 3. The monoisotopic (exact) mass is 271 g/mol. The zero-order chi connectivity index (χ0) is 14.2. The molecule has 100 valence electrons. The largest absolute Gasteiger partial charge is 0.418 e. The summed E-state index contributed by atoms with van der Waals surface area (Å²) in [5.74, 6) is 4.01. The minimum absolute atomic E-state index is 0.226. The molecule has 0 aliphatic rings. The molecule has 1 aromatic carbocycles. The van der Waals surface area contributed by atoms with Gasteiger partial charge in [-0.2, -0.15) is 13.2 Å². The van der Waals surface area contributed by atoms with Crippen LogP contribution >= 0.6 is 0 Å². The van der Waals surface area contributed by atoms with Crippen LogP contribution < -0.4 is 16.7 Å². The van der Waals surface area contributed by atoms with Crippen LogP contribution in [0.15, 0.2) is 29.2 Å². The zero-order valence-electron chi connectivity index (χ0n) is 9.34. The highest BCUT2D eigenvalue weighted by Crippen LogP contribution is 2.32. The number of fused-ring (bicyclic) bond motifs is 1. The number of hydrogen-bond donors (Lipinski definition) is 3. The highest BCUT2D eigenvalue weighted by Gasteiger charge is 2.33. The average Bonchev–Trinajstić information content (AvgIpc) is 2.37. The molecule has 0 saturated carbocycles. The number of nitrogens with two attached hydrogens (primary N) is 1. The summed E-state index contributed by atoms with van der Waals surface area (Å²) in [6.45, 7) is 0. The van der Waals surface area contributed by atoms with E-state index in [0.29, 0.717) is 0 Å². The Bertz CT molecular complexity index is 706. The van der Waals surface area contributed by atoms with Crippen LogP contribution in [-0.4, -0.2) is 10.9 Å². The summed E-state index contributed by atoms with van der Waals surface area (Å²) in [5.41, 5.74) is -0.756. The maximum Gasteiger partial charge on any atom is 0.418 e. The molecule has 0 unspecified atom stereocenters. The van der Waals surface area contributed by atoms with Crippen LogP contribution in [0.25, 0.3) is 10.9 Å². The highest BCUT2D eigenvalue weighted by molar-refractivity contribution is 5.97. The number of rotatable bonds is 1. The topological polar surface area (TPSA) is 88.0 Å². The van der Waals surface area contributed by atoms with Crippen LogP contribution in [0.3, 0.4) is 0 Å². The third-order valence-corrected chi connectivity index (χ3v) is 2.60. The van der Waals surface area contributed by atoms with Gasteiger partial charge in [0.25, 0.3) is 5.91 Å². The summed E-state index contributed by atoms with van der Waals surface area (Å²) in [6, 6.07) is 3.15. The molecule has 0 bridgehead atoms. The Kier molecular flexibility index (Phi) is 3.03. The number of amides is 1. The predicted molar refractivity (Wildman–Crippen MR) is 61.2 cm³/mol. The number of hydrogen-bond acceptors (Lipinski definition) is 3. The van der Waals surface area contributed by atoms with E-state index in [1.54, 1.807) is 5.43 Å². The van der Waals surface area contributed by atoms with Crippen molar-refractivity contribution in [3.63, 3.8) is 0 Å². The van der Waals surface area contributed by atoms with E-state index in [-0.39, 0.29) is 16.5 Å². The fourth-order valence-electron chi connectivity index (χ4n) is 1.73. The summed E-state index contributed by atoms with van der Waals surface area (Å²) in [6.07, 6.45) is -3.69. The first-order chi connectivity index (χ1) is 8.86. The molecule has 0 aliphatic heterocycles. The maximum absolute atomic E-state index is 12.8. The minimum atomic E-state index is -4.60. The summed E-state index contributed by atoms with van der Waals surface area (Å²) < 4.78 is 38.3. The third kappa shape index (κ3) is 2.17. The number of hydrazine groups is 1. The summed E-state index contributed by atoms with van der Waals surface area (Å²) in [7, 11) is 0.